The number of hydrogen-bond acceptors (Lipinski definition) is 3. The molecule has 1 saturated carbocycles. The van der Waals surface area contributed by atoms with Crippen LogP contribution < -0.4 is 5.32 Å². The van der Waals surface area contributed by atoms with E-state index in [-0.39, 0.29) is 11.3 Å². The Morgan fingerprint density at radius 1 is 1.53 bits per heavy atom. The van der Waals surface area contributed by atoms with E-state index in [1.54, 1.807) is 20.0 Å². The van der Waals surface area contributed by atoms with Gasteiger partial charge in [-0.3, -0.25) is 9.48 Å². The van der Waals surface area contributed by atoms with E-state index in [1.165, 1.54) is 10.9 Å². The van der Waals surface area contributed by atoms with Crippen molar-refractivity contribution in [1.29, 1.82) is 0 Å². The van der Waals surface area contributed by atoms with Gasteiger partial charge in [0.15, 0.2) is 5.54 Å². The Morgan fingerprint density at radius 3 is 2.63 bits per heavy atom. The van der Waals surface area contributed by atoms with Crippen LogP contribution in [0.25, 0.3) is 0 Å². The maximum atomic E-state index is 12.1. The van der Waals surface area contributed by atoms with Crippen molar-refractivity contribution in [3.05, 3.63) is 12.4 Å². The number of amides is 1. The monoisotopic (exact) mass is 265 g/mol. The van der Waals surface area contributed by atoms with Crippen molar-refractivity contribution in [3.63, 3.8) is 0 Å². The second-order valence-corrected chi connectivity index (χ2v) is 5.63. The van der Waals surface area contributed by atoms with E-state index in [0.717, 1.165) is 19.3 Å². The van der Waals surface area contributed by atoms with Crippen LogP contribution in [0.5, 0.6) is 0 Å². The van der Waals surface area contributed by atoms with E-state index in [9.17, 15) is 9.59 Å². The van der Waals surface area contributed by atoms with Crippen molar-refractivity contribution in [1.82, 2.24) is 9.78 Å². The average molecular weight is 265 g/mol. The summed E-state index contributed by atoms with van der Waals surface area (Å²) in [7, 11) is 0. The van der Waals surface area contributed by atoms with E-state index in [0.29, 0.717) is 5.69 Å². The number of aliphatic carboxylic acids is 1. The van der Waals surface area contributed by atoms with Gasteiger partial charge in [0.25, 0.3) is 0 Å². The van der Waals surface area contributed by atoms with Crippen LogP contribution in [0.1, 0.15) is 40.0 Å². The molecular formula is C13H19N3O3. The number of hydrogen-bond donors (Lipinski definition) is 2. The summed E-state index contributed by atoms with van der Waals surface area (Å²) >= 11 is 0. The standard InChI is InChI=1S/C13H19N3O3/c1-4-13(5-6-13)10(17)15-9-7-14-16(8-9)12(2,3)11(18)19/h7-8H,4-6H2,1-3H3,(H,15,17)(H,18,19). The molecule has 0 unspecified atom stereocenters. The number of rotatable bonds is 5. The number of carbonyl (C=O) groups is 2. The van der Waals surface area contributed by atoms with Gasteiger partial charge in [-0.25, -0.2) is 4.79 Å². The first-order valence-corrected chi connectivity index (χ1v) is 6.42. The fourth-order valence-corrected chi connectivity index (χ4v) is 1.95. The third kappa shape index (κ3) is 2.34. The van der Waals surface area contributed by atoms with Crippen LogP contribution in [0, 0.1) is 5.41 Å². The number of nitrogens with one attached hydrogen (secondary N) is 1. The van der Waals surface area contributed by atoms with Crippen molar-refractivity contribution in [3.8, 4) is 0 Å². The number of carboxylic acid groups (broad SMARTS) is 1. The molecule has 6 heteroatoms. The third-order valence-electron chi connectivity index (χ3n) is 3.95. The highest BCUT2D eigenvalue weighted by atomic mass is 16.4. The molecule has 0 radical (unpaired) electrons. The average Bonchev–Trinajstić information content (AvgIpc) is 3.02. The SMILES string of the molecule is CCC1(C(=O)Nc2cnn(C(C)(C)C(=O)O)c2)CC1. The van der Waals surface area contributed by atoms with Gasteiger partial charge in [-0.1, -0.05) is 6.92 Å². The molecule has 0 aliphatic heterocycles. The molecule has 1 heterocycles. The van der Waals surface area contributed by atoms with Gasteiger partial charge in [-0.15, -0.1) is 0 Å². The van der Waals surface area contributed by atoms with Crippen LogP contribution in [0.15, 0.2) is 12.4 Å². The number of nitrogens with zero attached hydrogens (tertiary/aromatic N) is 2. The van der Waals surface area contributed by atoms with Crippen molar-refractivity contribution < 1.29 is 14.7 Å². The van der Waals surface area contributed by atoms with Crippen LogP contribution in [0.4, 0.5) is 5.69 Å². The Balaban J connectivity index is 2.10. The lowest BCUT2D eigenvalue weighted by atomic mass is 10.0. The van der Waals surface area contributed by atoms with Gasteiger partial charge in [0.05, 0.1) is 11.9 Å². The lowest BCUT2D eigenvalue weighted by molar-refractivity contribution is -0.146. The van der Waals surface area contributed by atoms with Gasteiger partial charge >= 0.3 is 5.97 Å². The summed E-state index contributed by atoms with van der Waals surface area (Å²) in [5.41, 5.74) is -0.811. The normalized spacial score (nSPS) is 17.0. The maximum Gasteiger partial charge on any atom is 0.331 e. The summed E-state index contributed by atoms with van der Waals surface area (Å²) in [4.78, 5) is 23.2. The summed E-state index contributed by atoms with van der Waals surface area (Å²) in [6.07, 6.45) is 5.70. The second kappa shape index (κ2) is 4.36. The molecule has 19 heavy (non-hydrogen) atoms. The largest absolute Gasteiger partial charge is 0.479 e. The van der Waals surface area contributed by atoms with Gasteiger partial charge in [0.1, 0.15) is 0 Å². The van der Waals surface area contributed by atoms with E-state index in [1.807, 2.05) is 6.92 Å². The van der Waals surface area contributed by atoms with Gasteiger partial charge < -0.3 is 10.4 Å². The summed E-state index contributed by atoms with van der Waals surface area (Å²) in [6.45, 7) is 5.12. The van der Waals surface area contributed by atoms with Crippen LogP contribution in [0.3, 0.4) is 0 Å². The molecule has 2 N–H and O–H groups in total. The molecule has 1 aromatic rings. The molecule has 104 valence electrons. The molecule has 1 aliphatic carbocycles. The molecule has 1 aromatic heterocycles. The number of anilines is 1. The maximum absolute atomic E-state index is 12.1. The van der Waals surface area contributed by atoms with Crippen LogP contribution in [-0.2, 0) is 15.1 Å². The highest BCUT2D eigenvalue weighted by molar-refractivity contribution is 5.96. The van der Waals surface area contributed by atoms with Crippen molar-refractivity contribution >= 4 is 17.6 Å². The highest BCUT2D eigenvalue weighted by Gasteiger charge is 2.48. The first-order chi connectivity index (χ1) is 8.82. The Kier molecular flexibility index (Phi) is 3.12. The Labute approximate surface area is 111 Å². The lowest BCUT2D eigenvalue weighted by Crippen LogP contribution is -2.36. The third-order valence-corrected chi connectivity index (χ3v) is 3.95. The molecule has 2 rings (SSSR count). The summed E-state index contributed by atoms with van der Waals surface area (Å²) in [6, 6.07) is 0. The molecule has 0 bridgehead atoms. The molecule has 0 spiro atoms. The smallest absolute Gasteiger partial charge is 0.331 e. The molecule has 0 aromatic carbocycles. The predicted octanol–water partition coefficient (Wildman–Crippen LogP) is 1.83. The Morgan fingerprint density at radius 2 is 2.16 bits per heavy atom. The van der Waals surface area contributed by atoms with Crippen LogP contribution >= 0.6 is 0 Å². The molecule has 1 amide bonds. The van der Waals surface area contributed by atoms with Crippen LogP contribution in [-0.4, -0.2) is 26.8 Å². The van der Waals surface area contributed by atoms with Crippen molar-refractivity contribution in [2.75, 3.05) is 5.32 Å². The van der Waals surface area contributed by atoms with E-state index in [2.05, 4.69) is 10.4 Å². The summed E-state index contributed by atoms with van der Waals surface area (Å²) < 4.78 is 1.34. The predicted molar refractivity (Wildman–Crippen MR) is 69.8 cm³/mol. The molecule has 1 fully saturated rings. The first kappa shape index (κ1) is 13.6. The minimum Gasteiger partial charge on any atom is -0.479 e. The number of carboxylic acids is 1. The summed E-state index contributed by atoms with van der Waals surface area (Å²) in [5, 5.41) is 15.9. The van der Waals surface area contributed by atoms with Crippen molar-refractivity contribution in [2.45, 2.75) is 45.6 Å². The fraction of sp³-hybridized carbons (Fsp3) is 0.615. The van der Waals surface area contributed by atoms with Gasteiger partial charge in [-0.2, -0.15) is 5.10 Å². The Bertz CT molecular complexity index is 515. The topological polar surface area (TPSA) is 84.2 Å². The second-order valence-electron chi connectivity index (χ2n) is 5.63. The van der Waals surface area contributed by atoms with E-state index in [4.69, 9.17) is 5.11 Å². The minimum atomic E-state index is -1.13. The van der Waals surface area contributed by atoms with Crippen molar-refractivity contribution in [2.24, 2.45) is 5.41 Å². The minimum absolute atomic E-state index is 0.00248. The fourth-order valence-electron chi connectivity index (χ4n) is 1.95. The lowest BCUT2D eigenvalue weighted by Gasteiger charge is -2.19. The summed E-state index contributed by atoms with van der Waals surface area (Å²) in [5.74, 6) is -0.969. The molecule has 0 saturated heterocycles. The zero-order valence-corrected chi connectivity index (χ0v) is 11.4. The first-order valence-electron chi connectivity index (χ1n) is 6.42. The van der Waals surface area contributed by atoms with Gasteiger partial charge in [0.2, 0.25) is 5.91 Å². The highest BCUT2D eigenvalue weighted by Crippen LogP contribution is 2.49. The van der Waals surface area contributed by atoms with Gasteiger partial charge in [-0.05, 0) is 33.1 Å². The zero-order valence-electron chi connectivity index (χ0n) is 11.4. The molecular weight excluding hydrogens is 246 g/mol. The Hall–Kier alpha value is -1.85. The number of carbonyl (C=O) groups excluding carboxylic acids is 1. The van der Waals surface area contributed by atoms with E-state index < -0.39 is 11.5 Å². The quantitative estimate of drug-likeness (QED) is 0.850. The van der Waals surface area contributed by atoms with Gasteiger partial charge in [0, 0.05) is 11.6 Å². The number of aromatic nitrogens is 2. The molecule has 6 nitrogen and oxygen atoms in total. The zero-order chi connectivity index (χ0) is 14.3. The van der Waals surface area contributed by atoms with Crippen LogP contribution in [0.2, 0.25) is 0 Å². The molecule has 0 atom stereocenters. The molecule has 1 aliphatic rings. The van der Waals surface area contributed by atoms with E-state index >= 15 is 0 Å².